The first-order valence-corrected chi connectivity index (χ1v) is 6.63. The summed E-state index contributed by atoms with van der Waals surface area (Å²) in [6.07, 6.45) is 1.40. The molecule has 7 nitrogen and oxygen atoms in total. The predicted molar refractivity (Wildman–Crippen MR) is 84.4 cm³/mol. The van der Waals surface area contributed by atoms with E-state index >= 15 is 0 Å². The molecule has 0 spiro atoms. The van der Waals surface area contributed by atoms with Crippen LogP contribution >= 0.6 is 0 Å². The summed E-state index contributed by atoms with van der Waals surface area (Å²) in [5, 5.41) is 22.7. The number of carbonyl (C=O) groups excluding carboxylic acids is 1. The van der Waals surface area contributed by atoms with Gasteiger partial charge in [0.25, 0.3) is 5.91 Å². The highest BCUT2D eigenvalue weighted by atomic mass is 16.5. The van der Waals surface area contributed by atoms with Gasteiger partial charge in [-0.05, 0) is 24.3 Å². The number of benzene rings is 2. The molecule has 0 heterocycles. The highest BCUT2D eigenvalue weighted by Gasteiger charge is 2.11. The summed E-state index contributed by atoms with van der Waals surface area (Å²) in [7, 11) is 3.02. The zero-order valence-corrected chi connectivity index (χ0v) is 12.6. The average Bonchev–Trinajstić information content (AvgIpc) is 2.54. The standard InChI is InChI=1S/C16H16N2O5/c1-22-14-5-3-4-10(15(14)23-2)9-17-18-16(21)12-7-6-11(19)8-13(12)20/h3-9,19-20H,1-2H3,(H,18,21). The van der Waals surface area contributed by atoms with Gasteiger partial charge in [0, 0.05) is 11.6 Å². The minimum absolute atomic E-state index is 0.00226. The van der Waals surface area contributed by atoms with E-state index in [0.717, 1.165) is 6.07 Å². The van der Waals surface area contributed by atoms with Gasteiger partial charge in [0.1, 0.15) is 11.5 Å². The van der Waals surface area contributed by atoms with Crippen molar-refractivity contribution in [2.45, 2.75) is 0 Å². The second-order valence-electron chi connectivity index (χ2n) is 4.48. The first-order chi connectivity index (χ1) is 11.1. The van der Waals surface area contributed by atoms with Gasteiger partial charge in [-0.2, -0.15) is 5.10 Å². The number of para-hydroxylation sites is 1. The number of methoxy groups -OCH3 is 2. The molecule has 2 aromatic carbocycles. The van der Waals surface area contributed by atoms with Gasteiger partial charge in [0.2, 0.25) is 0 Å². The molecular formula is C16H16N2O5. The second-order valence-corrected chi connectivity index (χ2v) is 4.48. The molecule has 0 unspecified atom stereocenters. The number of carbonyl (C=O) groups is 1. The lowest BCUT2D eigenvalue weighted by atomic mass is 10.2. The van der Waals surface area contributed by atoms with Gasteiger partial charge in [-0.3, -0.25) is 4.79 Å². The largest absolute Gasteiger partial charge is 0.508 e. The Morgan fingerprint density at radius 3 is 2.61 bits per heavy atom. The molecule has 7 heteroatoms. The third-order valence-corrected chi connectivity index (χ3v) is 3.03. The van der Waals surface area contributed by atoms with Crippen molar-refractivity contribution in [3.8, 4) is 23.0 Å². The Kier molecular flexibility index (Phi) is 5.03. The van der Waals surface area contributed by atoms with E-state index in [0.29, 0.717) is 17.1 Å². The van der Waals surface area contributed by atoms with Crippen molar-refractivity contribution in [2.24, 2.45) is 5.10 Å². The van der Waals surface area contributed by atoms with E-state index in [1.165, 1.54) is 32.6 Å². The lowest BCUT2D eigenvalue weighted by molar-refractivity contribution is 0.0952. The molecule has 1 amide bonds. The van der Waals surface area contributed by atoms with Gasteiger partial charge in [-0.1, -0.05) is 6.07 Å². The van der Waals surface area contributed by atoms with Crippen LogP contribution in [0.3, 0.4) is 0 Å². The molecular weight excluding hydrogens is 300 g/mol. The number of phenols is 2. The normalized spacial score (nSPS) is 10.5. The number of hydrazone groups is 1. The Labute approximate surface area is 132 Å². The summed E-state index contributed by atoms with van der Waals surface area (Å²) >= 11 is 0. The van der Waals surface area contributed by atoms with Gasteiger partial charge in [-0.25, -0.2) is 5.43 Å². The highest BCUT2D eigenvalue weighted by molar-refractivity contribution is 5.97. The van der Waals surface area contributed by atoms with E-state index in [1.54, 1.807) is 18.2 Å². The molecule has 0 atom stereocenters. The fourth-order valence-corrected chi connectivity index (χ4v) is 1.95. The summed E-state index contributed by atoms with van der Waals surface area (Å²) in [5.41, 5.74) is 2.90. The zero-order chi connectivity index (χ0) is 16.8. The van der Waals surface area contributed by atoms with Gasteiger partial charge in [-0.15, -0.1) is 0 Å². The number of amides is 1. The van der Waals surface area contributed by atoms with Crippen molar-refractivity contribution >= 4 is 12.1 Å². The van der Waals surface area contributed by atoms with Crippen molar-refractivity contribution in [1.82, 2.24) is 5.43 Å². The molecule has 2 rings (SSSR count). The Balaban J connectivity index is 2.14. The molecule has 3 N–H and O–H groups in total. The number of hydrogen-bond donors (Lipinski definition) is 3. The predicted octanol–water partition coefficient (Wildman–Crippen LogP) is 1.88. The fourth-order valence-electron chi connectivity index (χ4n) is 1.95. The van der Waals surface area contributed by atoms with Crippen LogP contribution < -0.4 is 14.9 Å². The molecule has 0 aliphatic rings. The first kappa shape index (κ1) is 16.2. The van der Waals surface area contributed by atoms with Crippen molar-refractivity contribution < 1.29 is 24.5 Å². The smallest absolute Gasteiger partial charge is 0.275 e. The van der Waals surface area contributed by atoms with Crippen LogP contribution in [-0.2, 0) is 0 Å². The Bertz CT molecular complexity index is 743. The van der Waals surface area contributed by atoms with E-state index in [9.17, 15) is 15.0 Å². The molecule has 0 aromatic heterocycles. The number of phenolic OH excluding ortho intramolecular Hbond substituents is 2. The van der Waals surface area contributed by atoms with Crippen molar-refractivity contribution in [1.29, 1.82) is 0 Å². The number of hydrogen-bond acceptors (Lipinski definition) is 6. The van der Waals surface area contributed by atoms with Crippen LogP contribution in [0.5, 0.6) is 23.0 Å². The maximum absolute atomic E-state index is 11.9. The maximum Gasteiger partial charge on any atom is 0.275 e. The zero-order valence-electron chi connectivity index (χ0n) is 12.6. The van der Waals surface area contributed by atoms with E-state index in [-0.39, 0.29) is 17.1 Å². The molecule has 0 saturated heterocycles. The summed E-state index contributed by atoms with van der Waals surface area (Å²) < 4.78 is 10.4. The van der Waals surface area contributed by atoms with Gasteiger partial charge >= 0.3 is 0 Å². The van der Waals surface area contributed by atoms with Crippen LogP contribution in [0.2, 0.25) is 0 Å². The Morgan fingerprint density at radius 2 is 1.96 bits per heavy atom. The SMILES string of the molecule is COc1cccc(C=NNC(=O)c2ccc(O)cc2O)c1OC. The van der Waals surface area contributed by atoms with Crippen molar-refractivity contribution in [2.75, 3.05) is 14.2 Å². The quantitative estimate of drug-likeness (QED) is 0.577. The average molecular weight is 316 g/mol. The third kappa shape index (κ3) is 3.70. The molecule has 0 fully saturated rings. The topological polar surface area (TPSA) is 100 Å². The molecule has 0 bridgehead atoms. The molecule has 0 saturated carbocycles. The van der Waals surface area contributed by atoms with Crippen LogP contribution in [0, 0.1) is 0 Å². The molecule has 120 valence electrons. The van der Waals surface area contributed by atoms with E-state index in [4.69, 9.17) is 9.47 Å². The summed E-state index contributed by atoms with van der Waals surface area (Å²) in [4.78, 5) is 11.9. The van der Waals surface area contributed by atoms with Crippen LogP contribution in [0.1, 0.15) is 15.9 Å². The highest BCUT2D eigenvalue weighted by Crippen LogP contribution is 2.29. The second kappa shape index (κ2) is 7.17. The Morgan fingerprint density at radius 1 is 1.17 bits per heavy atom. The monoisotopic (exact) mass is 316 g/mol. The lowest BCUT2D eigenvalue weighted by Gasteiger charge is -2.09. The molecule has 0 radical (unpaired) electrons. The summed E-state index contributed by atoms with van der Waals surface area (Å²) in [5.74, 6) is -0.0552. The van der Waals surface area contributed by atoms with Gasteiger partial charge < -0.3 is 19.7 Å². The van der Waals surface area contributed by atoms with Crippen molar-refractivity contribution in [3.05, 3.63) is 47.5 Å². The van der Waals surface area contributed by atoms with Crippen LogP contribution in [0.15, 0.2) is 41.5 Å². The first-order valence-electron chi connectivity index (χ1n) is 6.63. The third-order valence-electron chi connectivity index (χ3n) is 3.03. The fraction of sp³-hybridized carbons (Fsp3) is 0.125. The molecule has 0 aliphatic heterocycles. The van der Waals surface area contributed by atoms with Gasteiger partial charge in [0.05, 0.1) is 26.0 Å². The minimum atomic E-state index is -0.611. The number of rotatable bonds is 5. The number of ether oxygens (including phenoxy) is 2. The summed E-state index contributed by atoms with van der Waals surface area (Å²) in [6.45, 7) is 0. The van der Waals surface area contributed by atoms with Crippen LogP contribution in [0.25, 0.3) is 0 Å². The van der Waals surface area contributed by atoms with Crippen LogP contribution in [-0.4, -0.2) is 36.6 Å². The molecule has 2 aromatic rings. The number of nitrogens with zero attached hydrogens (tertiary/aromatic N) is 1. The minimum Gasteiger partial charge on any atom is -0.508 e. The molecule has 23 heavy (non-hydrogen) atoms. The number of aromatic hydroxyl groups is 2. The Hall–Kier alpha value is -3.22. The van der Waals surface area contributed by atoms with Crippen molar-refractivity contribution in [3.63, 3.8) is 0 Å². The maximum atomic E-state index is 11.9. The van der Waals surface area contributed by atoms with Gasteiger partial charge in [0.15, 0.2) is 11.5 Å². The van der Waals surface area contributed by atoms with E-state index in [1.807, 2.05) is 0 Å². The molecule has 0 aliphatic carbocycles. The number of nitrogens with one attached hydrogen (secondary N) is 1. The lowest BCUT2D eigenvalue weighted by Crippen LogP contribution is -2.17. The van der Waals surface area contributed by atoms with E-state index in [2.05, 4.69) is 10.5 Å². The van der Waals surface area contributed by atoms with Crippen LogP contribution in [0.4, 0.5) is 0 Å². The summed E-state index contributed by atoms with van der Waals surface area (Å²) in [6, 6.07) is 8.91. The van der Waals surface area contributed by atoms with E-state index < -0.39 is 5.91 Å².